The summed E-state index contributed by atoms with van der Waals surface area (Å²) in [6.07, 6.45) is 2.58. The molecule has 0 aromatic heterocycles. The number of ether oxygens (including phenoxy) is 1. The lowest BCUT2D eigenvalue weighted by Crippen LogP contribution is -2.27. The minimum absolute atomic E-state index is 0.0000690. The average Bonchev–Trinajstić information content (AvgIpc) is 3.04. The van der Waals surface area contributed by atoms with Crippen LogP contribution in [0.5, 0.6) is 0 Å². The Morgan fingerprint density at radius 1 is 1.38 bits per heavy atom. The Morgan fingerprint density at radius 3 is 2.50 bits per heavy atom. The fourth-order valence-corrected chi connectivity index (χ4v) is 1.85. The third-order valence-electron chi connectivity index (χ3n) is 2.88. The summed E-state index contributed by atoms with van der Waals surface area (Å²) < 4.78 is 5.89. The van der Waals surface area contributed by atoms with Crippen LogP contribution in [0, 0.1) is 5.92 Å². The number of benzene rings is 1. The Morgan fingerprint density at radius 2 is 2.00 bits per heavy atom. The smallest absolute Gasteiger partial charge is 0.0973 e. The van der Waals surface area contributed by atoms with E-state index in [1.807, 2.05) is 31.2 Å². The van der Waals surface area contributed by atoms with Gasteiger partial charge >= 0.3 is 0 Å². The second-order valence-electron chi connectivity index (χ2n) is 4.61. The van der Waals surface area contributed by atoms with Crippen LogP contribution in [-0.2, 0) is 4.74 Å². The topological polar surface area (TPSA) is 35.2 Å². The third kappa shape index (κ3) is 3.21. The number of hydrogen-bond acceptors (Lipinski definition) is 2. The standard InChI is InChI=1S/C13H18ClNO/c1-9(15)13(16-8-10-2-3-10)11-4-6-12(14)7-5-11/h4-7,9-10,13H,2-3,8,15H2,1H3. The van der Waals surface area contributed by atoms with Gasteiger partial charge in [0.25, 0.3) is 0 Å². The van der Waals surface area contributed by atoms with E-state index >= 15 is 0 Å². The van der Waals surface area contributed by atoms with Gasteiger partial charge in [-0.2, -0.15) is 0 Å². The van der Waals surface area contributed by atoms with Gasteiger partial charge in [-0.05, 0) is 43.4 Å². The van der Waals surface area contributed by atoms with Crippen molar-refractivity contribution in [2.75, 3.05) is 6.61 Å². The first-order valence-electron chi connectivity index (χ1n) is 5.79. The first-order chi connectivity index (χ1) is 7.66. The second kappa shape index (κ2) is 5.17. The molecule has 0 aliphatic heterocycles. The van der Waals surface area contributed by atoms with Gasteiger partial charge in [-0.1, -0.05) is 23.7 Å². The summed E-state index contributed by atoms with van der Waals surface area (Å²) in [4.78, 5) is 0. The molecule has 1 aliphatic carbocycles. The Hall–Kier alpha value is -0.570. The summed E-state index contributed by atoms with van der Waals surface area (Å²) in [5, 5.41) is 0.745. The van der Waals surface area contributed by atoms with Gasteiger partial charge in [-0.15, -0.1) is 0 Å². The van der Waals surface area contributed by atoms with Gasteiger partial charge in [-0.25, -0.2) is 0 Å². The highest BCUT2D eigenvalue weighted by atomic mass is 35.5. The Kier molecular flexibility index (Phi) is 3.85. The quantitative estimate of drug-likeness (QED) is 0.857. The molecule has 1 aliphatic rings. The summed E-state index contributed by atoms with van der Waals surface area (Å²) in [5.41, 5.74) is 7.07. The van der Waals surface area contributed by atoms with Crippen molar-refractivity contribution in [3.05, 3.63) is 34.9 Å². The molecule has 0 heterocycles. The average molecular weight is 240 g/mol. The van der Waals surface area contributed by atoms with Crippen molar-refractivity contribution in [3.63, 3.8) is 0 Å². The van der Waals surface area contributed by atoms with E-state index in [9.17, 15) is 0 Å². The van der Waals surface area contributed by atoms with E-state index in [0.29, 0.717) is 0 Å². The molecule has 0 radical (unpaired) electrons. The molecule has 0 bridgehead atoms. The van der Waals surface area contributed by atoms with Gasteiger partial charge in [0.1, 0.15) is 0 Å². The van der Waals surface area contributed by atoms with Crippen LogP contribution in [0.1, 0.15) is 31.4 Å². The molecule has 2 unspecified atom stereocenters. The predicted octanol–water partition coefficient (Wildman–Crippen LogP) is 3.15. The highest BCUT2D eigenvalue weighted by molar-refractivity contribution is 6.30. The fraction of sp³-hybridized carbons (Fsp3) is 0.538. The van der Waals surface area contributed by atoms with Crippen molar-refractivity contribution < 1.29 is 4.74 Å². The van der Waals surface area contributed by atoms with Crippen molar-refractivity contribution >= 4 is 11.6 Å². The Labute approximate surface area is 102 Å². The minimum atomic E-state index is -0.0159. The van der Waals surface area contributed by atoms with Gasteiger partial charge in [-0.3, -0.25) is 0 Å². The Bertz CT molecular complexity index is 332. The molecular weight excluding hydrogens is 222 g/mol. The first kappa shape index (κ1) is 11.9. The first-order valence-corrected chi connectivity index (χ1v) is 6.17. The fourth-order valence-electron chi connectivity index (χ4n) is 1.73. The molecule has 1 saturated carbocycles. The van der Waals surface area contributed by atoms with Crippen LogP contribution in [0.15, 0.2) is 24.3 Å². The minimum Gasteiger partial charge on any atom is -0.372 e. The number of nitrogens with two attached hydrogens (primary N) is 1. The molecule has 3 heteroatoms. The van der Waals surface area contributed by atoms with E-state index in [1.54, 1.807) is 0 Å². The second-order valence-corrected chi connectivity index (χ2v) is 5.04. The zero-order valence-electron chi connectivity index (χ0n) is 9.53. The molecule has 2 atom stereocenters. The van der Waals surface area contributed by atoms with Crippen molar-refractivity contribution in [1.82, 2.24) is 0 Å². The summed E-state index contributed by atoms with van der Waals surface area (Å²) in [7, 11) is 0. The lowest BCUT2D eigenvalue weighted by atomic mass is 10.0. The van der Waals surface area contributed by atoms with E-state index in [1.165, 1.54) is 12.8 Å². The van der Waals surface area contributed by atoms with Gasteiger partial charge in [0.05, 0.1) is 12.7 Å². The van der Waals surface area contributed by atoms with E-state index in [2.05, 4.69) is 0 Å². The van der Waals surface area contributed by atoms with Crippen LogP contribution in [-0.4, -0.2) is 12.6 Å². The Balaban J connectivity index is 2.01. The molecule has 88 valence electrons. The molecule has 1 aromatic carbocycles. The van der Waals surface area contributed by atoms with Crippen molar-refractivity contribution in [2.45, 2.75) is 31.9 Å². The maximum absolute atomic E-state index is 5.96. The van der Waals surface area contributed by atoms with E-state index in [4.69, 9.17) is 22.1 Å². The SMILES string of the molecule is CC(N)C(OCC1CC1)c1ccc(Cl)cc1. The van der Waals surface area contributed by atoms with Crippen LogP contribution < -0.4 is 5.73 Å². The van der Waals surface area contributed by atoms with Crippen molar-refractivity contribution in [2.24, 2.45) is 11.7 Å². The highest BCUT2D eigenvalue weighted by Gasteiger charge is 2.25. The number of halogens is 1. The summed E-state index contributed by atoms with van der Waals surface area (Å²) in [6.45, 7) is 2.81. The molecule has 1 aromatic rings. The highest BCUT2D eigenvalue weighted by Crippen LogP contribution is 2.31. The predicted molar refractivity (Wildman–Crippen MR) is 66.5 cm³/mol. The van der Waals surface area contributed by atoms with Gasteiger partial charge in [0.2, 0.25) is 0 Å². The molecule has 16 heavy (non-hydrogen) atoms. The molecule has 0 spiro atoms. The van der Waals surface area contributed by atoms with Gasteiger partial charge in [0.15, 0.2) is 0 Å². The van der Waals surface area contributed by atoms with Crippen LogP contribution in [0.2, 0.25) is 5.02 Å². The molecule has 0 amide bonds. The van der Waals surface area contributed by atoms with Gasteiger partial charge < -0.3 is 10.5 Å². The molecule has 2 nitrogen and oxygen atoms in total. The third-order valence-corrected chi connectivity index (χ3v) is 3.14. The normalized spacial score (nSPS) is 19.4. The van der Waals surface area contributed by atoms with Crippen LogP contribution in [0.4, 0.5) is 0 Å². The lowest BCUT2D eigenvalue weighted by molar-refractivity contribution is 0.0314. The van der Waals surface area contributed by atoms with Crippen molar-refractivity contribution in [3.8, 4) is 0 Å². The molecule has 2 rings (SSSR count). The monoisotopic (exact) mass is 239 g/mol. The molecule has 0 saturated heterocycles. The van der Waals surface area contributed by atoms with E-state index in [-0.39, 0.29) is 12.1 Å². The zero-order valence-corrected chi connectivity index (χ0v) is 10.3. The van der Waals surface area contributed by atoms with Crippen LogP contribution >= 0.6 is 11.6 Å². The van der Waals surface area contributed by atoms with Crippen LogP contribution in [0.25, 0.3) is 0 Å². The number of rotatable bonds is 5. The summed E-state index contributed by atoms with van der Waals surface area (Å²) >= 11 is 5.86. The molecule has 2 N–H and O–H groups in total. The van der Waals surface area contributed by atoms with E-state index in [0.717, 1.165) is 23.1 Å². The van der Waals surface area contributed by atoms with Gasteiger partial charge in [0, 0.05) is 11.1 Å². The molecule has 1 fully saturated rings. The number of hydrogen-bond donors (Lipinski definition) is 1. The van der Waals surface area contributed by atoms with Crippen molar-refractivity contribution in [1.29, 1.82) is 0 Å². The maximum atomic E-state index is 5.96. The largest absolute Gasteiger partial charge is 0.372 e. The van der Waals surface area contributed by atoms with Crippen LogP contribution in [0.3, 0.4) is 0 Å². The zero-order chi connectivity index (χ0) is 11.5. The summed E-state index contributed by atoms with van der Waals surface area (Å²) in [6, 6.07) is 7.74. The van der Waals surface area contributed by atoms with E-state index < -0.39 is 0 Å². The molecular formula is C13H18ClNO. The maximum Gasteiger partial charge on any atom is 0.0973 e. The lowest BCUT2D eigenvalue weighted by Gasteiger charge is -2.22. The summed E-state index contributed by atoms with van der Waals surface area (Å²) in [5.74, 6) is 0.758.